The minimum absolute atomic E-state index is 0.0363. The molecule has 1 aromatic carbocycles. The molecule has 0 saturated carbocycles. The maximum absolute atomic E-state index is 12.1. The molecule has 3 N–H and O–H groups in total. The fraction of sp³-hybridized carbons (Fsp3) is 0. The van der Waals surface area contributed by atoms with Crippen molar-refractivity contribution in [3.63, 3.8) is 0 Å². The van der Waals surface area contributed by atoms with Gasteiger partial charge in [0.15, 0.2) is 0 Å². The normalized spacial score (nSPS) is 11.4. The Morgan fingerprint density at radius 1 is 1.44 bits per heavy atom. The van der Waals surface area contributed by atoms with Gasteiger partial charge in [-0.15, -0.1) is 0 Å². The Labute approximate surface area is 120 Å². The highest BCUT2D eigenvalue weighted by molar-refractivity contribution is 9.10. The van der Waals surface area contributed by atoms with Gasteiger partial charge in [0.2, 0.25) is 5.13 Å². The lowest BCUT2D eigenvalue weighted by Gasteiger charge is -2.08. The molecule has 0 aliphatic rings. The maximum atomic E-state index is 12.1. The van der Waals surface area contributed by atoms with Crippen molar-refractivity contribution >= 4 is 59.9 Å². The van der Waals surface area contributed by atoms with E-state index in [1.54, 1.807) is 0 Å². The summed E-state index contributed by atoms with van der Waals surface area (Å²) in [6, 6.07) is 2.76. The van der Waals surface area contributed by atoms with Crippen LogP contribution in [-0.2, 0) is 10.0 Å². The molecule has 7 nitrogen and oxygen atoms in total. The first kappa shape index (κ1) is 13.5. The minimum Gasteiger partial charge on any atom is -0.399 e. The van der Waals surface area contributed by atoms with E-state index in [0.717, 1.165) is 11.5 Å². The first-order chi connectivity index (χ1) is 8.40. The fourth-order valence-corrected chi connectivity index (χ4v) is 3.86. The second-order valence-electron chi connectivity index (χ2n) is 3.09. The van der Waals surface area contributed by atoms with E-state index in [0.29, 0.717) is 4.47 Å². The summed E-state index contributed by atoms with van der Waals surface area (Å²) in [7, 11) is -3.88. The third kappa shape index (κ3) is 2.71. The van der Waals surface area contributed by atoms with Crippen molar-refractivity contribution in [3.8, 4) is 0 Å². The van der Waals surface area contributed by atoms with E-state index in [9.17, 15) is 8.42 Å². The van der Waals surface area contributed by atoms with Gasteiger partial charge in [0.05, 0.1) is 5.02 Å². The van der Waals surface area contributed by atoms with Gasteiger partial charge in [-0.1, -0.05) is 21.2 Å². The van der Waals surface area contributed by atoms with E-state index < -0.39 is 10.0 Å². The van der Waals surface area contributed by atoms with Crippen molar-refractivity contribution in [2.45, 2.75) is 4.90 Å². The van der Waals surface area contributed by atoms with Gasteiger partial charge in [-0.3, -0.25) is 4.72 Å². The summed E-state index contributed by atoms with van der Waals surface area (Å²) in [6.07, 6.45) is 0. The molecule has 0 aliphatic carbocycles. The zero-order chi connectivity index (χ0) is 13.3. The molecule has 0 spiro atoms. The number of benzene rings is 1. The summed E-state index contributed by atoms with van der Waals surface area (Å²) < 4.78 is 30.2. The molecule has 0 atom stereocenters. The van der Waals surface area contributed by atoms with Crippen LogP contribution in [0.3, 0.4) is 0 Å². The van der Waals surface area contributed by atoms with Crippen LogP contribution in [0, 0.1) is 0 Å². The van der Waals surface area contributed by atoms with Crippen LogP contribution in [0.5, 0.6) is 0 Å². The van der Waals surface area contributed by atoms with Crippen molar-refractivity contribution < 1.29 is 8.42 Å². The highest BCUT2D eigenvalue weighted by Gasteiger charge is 2.21. The molecule has 2 aromatic rings. The summed E-state index contributed by atoms with van der Waals surface area (Å²) in [5.74, 6) is 0. The van der Waals surface area contributed by atoms with Gasteiger partial charge < -0.3 is 5.73 Å². The van der Waals surface area contributed by atoms with E-state index in [1.165, 1.54) is 12.1 Å². The Morgan fingerprint density at radius 2 is 2.17 bits per heavy atom. The van der Waals surface area contributed by atoms with Crippen molar-refractivity contribution in [2.24, 2.45) is 0 Å². The highest BCUT2D eigenvalue weighted by Crippen LogP contribution is 2.33. The molecular formula is C7H5BrClN5O2S2. The number of halogens is 2. The van der Waals surface area contributed by atoms with Crippen molar-refractivity contribution in [3.05, 3.63) is 21.6 Å². The SMILES string of the molecule is Nc1cc(Br)c(Cl)c(S(=O)(=O)Nc2nnns2)c1. The summed E-state index contributed by atoms with van der Waals surface area (Å²) in [5.41, 5.74) is 5.85. The number of hydrogen-bond acceptors (Lipinski definition) is 7. The molecule has 0 aliphatic heterocycles. The van der Waals surface area contributed by atoms with E-state index in [-0.39, 0.29) is 20.7 Å². The van der Waals surface area contributed by atoms with Crippen LogP contribution >= 0.6 is 39.1 Å². The van der Waals surface area contributed by atoms with Crippen LogP contribution in [0.2, 0.25) is 5.02 Å². The number of nitrogens with one attached hydrogen (secondary N) is 1. The lowest BCUT2D eigenvalue weighted by molar-refractivity contribution is 0.601. The monoisotopic (exact) mass is 369 g/mol. The minimum atomic E-state index is -3.88. The average molecular weight is 371 g/mol. The molecular weight excluding hydrogens is 366 g/mol. The number of sulfonamides is 1. The topological polar surface area (TPSA) is 111 Å². The zero-order valence-corrected chi connectivity index (χ0v) is 12.4. The molecule has 0 fully saturated rings. The lowest BCUT2D eigenvalue weighted by Crippen LogP contribution is -2.14. The predicted octanol–water partition coefficient (Wildman–Crippen LogP) is 1.73. The molecule has 0 bridgehead atoms. The molecule has 96 valence electrons. The van der Waals surface area contributed by atoms with E-state index >= 15 is 0 Å². The Morgan fingerprint density at radius 3 is 2.78 bits per heavy atom. The average Bonchev–Trinajstić information content (AvgIpc) is 2.75. The first-order valence-electron chi connectivity index (χ1n) is 4.32. The van der Waals surface area contributed by atoms with Crippen LogP contribution < -0.4 is 10.5 Å². The van der Waals surface area contributed by atoms with Crippen LogP contribution in [0.25, 0.3) is 0 Å². The van der Waals surface area contributed by atoms with E-state index in [1.807, 2.05) is 0 Å². The number of aromatic nitrogens is 3. The Hall–Kier alpha value is -0.970. The van der Waals surface area contributed by atoms with Crippen LogP contribution in [-0.4, -0.2) is 23.2 Å². The van der Waals surface area contributed by atoms with Gasteiger partial charge in [0.1, 0.15) is 4.90 Å². The zero-order valence-electron chi connectivity index (χ0n) is 8.46. The Balaban J connectivity index is 2.48. The smallest absolute Gasteiger partial charge is 0.265 e. The summed E-state index contributed by atoms with van der Waals surface area (Å²) in [4.78, 5) is -0.147. The number of hydrogen-bond donors (Lipinski definition) is 2. The van der Waals surface area contributed by atoms with Crippen molar-refractivity contribution in [2.75, 3.05) is 10.5 Å². The molecule has 0 saturated heterocycles. The van der Waals surface area contributed by atoms with Gasteiger partial charge in [0.25, 0.3) is 10.0 Å². The highest BCUT2D eigenvalue weighted by atomic mass is 79.9. The van der Waals surface area contributed by atoms with Gasteiger partial charge >= 0.3 is 0 Å². The third-order valence-corrected chi connectivity index (χ3v) is 5.20. The number of anilines is 2. The lowest BCUT2D eigenvalue weighted by atomic mass is 10.3. The molecule has 1 aromatic heterocycles. The second kappa shape index (κ2) is 4.96. The quantitative estimate of drug-likeness (QED) is 0.796. The van der Waals surface area contributed by atoms with Crippen molar-refractivity contribution in [1.82, 2.24) is 14.8 Å². The Bertz CT molecular complexity index is 675. The predicted molar refractivity (Wildman–Crippen MR) is 72.1 cm³/mol. The van der Waals surface area contributed by atoms with Gasteiger partial charge in [0, 0.05) is 21.7 Å². The van der Waals surface area contributed by atoms with Crippen LogP contribution in [0.1, 0.15) is 0 Å². The molecule has 0 radical (unpaired) electrons. The summed E-state index contributed by atoms with van der Waals surface area (Å²) >= 11 is 9.86. The molecule has 0 unspecified atom stereocenters. The number of nitrogen functional groups attached to an aromatic ring is 1. The van der Waals surface area contributed by atoms with Crippen molar-refractivity contribution in [1.29, 1.82) is 0 Å². The molecule has 1 heterocycles. The first-order valence-corrected chi connectivity index (χ1v) is 7.75. The molecule has 0 amide bonds. The fourth-order valence-electron chi connectivity index (χ4n) is 1.12. The van der Waals surface area contributed by atoms with E-state index in [2.05, 4.69) is 35.5 Å². The number of nitrogens with two attached hydrogens (primary N) is 1. The molecule has 2 rings (SSSR count). The largest absolute Gasteiger partial charge is 0.399 e. The maximum Gasteiger partial charge on any atom is 0.265 e. The van der Waals surface area contributed by atoms with Gasteiger partial charge in [-0.2, -0.15) is 0 Å². The molecule has 18 heavy (non-hydrogen) atoms. The summed E-state index contributed by atoms with van der Waals surface area (Å²) in [5, 5.41) is 6.85. The van der Waals surface area contributed by atoms with Gasteiger partial charge in [-0.25, -0.2) is 8.42 Å². The van der Waals surface area contributed by atoms with Crippen LogP contribution in [0.4, 0.5) is 10.8 Å². The number of nitrogens with zero attached hydrogens (tertiary/aromatic N) is 3. The van der Waals surface area contributed by atoms with E-state index in [4.69, 9.17) is 17.3 Å². The standard InChI is InChI=1S/C7H5BrClN5O2S2/c8-4-1-3(10)2-5(6(4)9)18(15,16)12-7-11-13-14-17-7/h1-2H,10H2,(H,11,12,14). The third-order valence-electron chi connectivity index (χ3n) is 1.83. The summed E-state index contributed by atoms with van der Waals surface area (Å²) in [6.45, 7) is 0. The van der Waals surface area contributed by atoms with Gasteiger partial charge in [-0.05, 0) is 33.3 Å². The Kier molecular flexibility index (Phi) is 3.71. The van der Waals surface area contributed by atoms with Crippen LogP contribution in [0.15, 0.2) is 21.5 Å². The number of rotatable bonds is 3. The second-order valence-corrected chi connectivity index (χ2v) is 6.70. The molecule has 11 heteroatoms.